The van der Waals surface area contributed by atoms with Crippen LogP contribution in [0.4, 0.5) is 17.1 Å². The summed E-state index contributed by atoms with van der Waals surface area (Å²) in [6.07, 6.45) is 0. The Morgan fingerprint density at radius 3 is 1.72 bits per heavy atom. The SMILES string of the molecule is c1ccc(-c2ccc(N(c3ccc(-c4c5nc(-c6ccccc6)oc5cc5c4oc4ccccc45)cc3)c3cccc(-c4ccc5ccccc5c4)c3)cc2)cc1. The van der Waals surface area contributed by atoms with Gasteiger partial charge in [-0.3, -0.25) is 0 Å². The van der Waals surface area contributed by atoms with Crippen LogP contribution in [0.3, 0.4) is 0 Å². The number of rotatable bonds is 7. The zero-order chi connectivity index (χ0) is 37.7. The van der Waals surface area contributed by atoms with Gasteiger partial charge in [-0.05, 0) is 105 Å². The minimum atomic E-state index is 0.580. The zero-order valence-electron chi connectivity index (χ0n) is 30.8. The van der Waals surface area contributed by atoms with Crippen LogP contribution in [0.1, 0.15) is 0 Å². The quantitative estimate of drug-likeness (QED) is 0.164. The molecule has 4 nitrogen and oxygen atoms in total. The first kappa shape index (κ1) is 32.7. The number of para-hydroxylation sites is 1. The molecule has 0 saturated carbocycles. The Hall–Kier alpha value is -7.69. The summed E-state index contributed by atoms with van der Waals surface area (Å²) >= 11 is 0. The molecule has 57 heavy (non-hydrogen) atoms. The molecule has 0 bridgehead atoms. The van der Waals surface area contributed by atoms with Crippen LogP contribution < -0.4 is 4.90 Å². The van der Waals surface area contributed by atoms with Gasteiger partial charge in [0.1, 0.15) is 16.7 Å². The van der Waals surface area contributed by atoms with Gasteiger partial charge in [0.05, 0.1) is 5.56 Å². The lowest BCUT2D eigenvalue weighted by atomic mass is 9.99. The lowest BCUT2D eigenvalue weighted by Crippen LogP contribution is -2.10. The summed E-state index contributed by atoms with van der Waals surface area (Å²) in [7, 11) is 0. The standard InChI is InChI=1S/C53H34N2O2/c1-3-12-35(13-4-1)37-24-28-43(29-25-37)55(45-19-11-18-41(33-45)42-23-22-36-14-7-8-17-40(36)32-42)44-30-26-38(27-31-44)50-51-49(57-53(54-51)39-15-5-2-6-16-39)34-47-46-20-9-10-21-48(46)56-52(47)50/h1-34H. The Bertz CT molecular complexity index is 3220. The van der Waals surface area contributed by atoms with E-state index in [9.17, 15) is 0 Å². The van der Waals surface area contributed by atoms with Gasteiger partial charge in [-0.25, -0.2) is 4.98 Å². The highest BCUT2D eigenvalue weighted by molar-refractivity contribution is 6.16. The van der Waals surface area contributed by atoms with Gasteiger partial charge in [0.2, 0.25) is 5.89 Å². The van der Waals surface area contributed by atoms with Gasteiger partial charge in [0.15, 0.2) is 5.58 Å². The Labute approximate surface area is 329 Å². The van der Waals surface area contributed by atoms with Gasteiger partial charge in [-0.15, -0.1) is 0 Å². The molecule has 0 N–H and O–H groups in total. The van der Waals surface area contributed by atoms with E-state index in [4.69, 9.17) is 13.8 Å². The number of hydrogen-bond acceptors (Lipinski definition) is 4. The van der Waals surface area contributed by atoms with Crippen molar-refractivity contribution in [1.29, 1.82) is 0 Å². The van der Waals surface area contributed by atoms with Crippen LogP contribution in [0, 0.1) is 0 Å². The fraction of sp³-hybridized carbons (Fsp3) is 0. The van der Waals surface area contributed by atoms with Crippen molar-refractivity contribution in [2.75, 3.05) is 4.90 Å². The molecule has 2 aromatic heterocycles. The van der Waals surface area contributed by atoms with Crippen molar-refractivity contribution in [2.24, 2.45) is 0 Å². The fourth-order valence-corrected chi connectivity index (χ4v) is 8.07. The van der Waals surface area contributed by atoms with E-state index in [-0.39, 0.29) is 0 Å². The highest BCUT2D eigenvalue weighted by Crippen LogP contribution is 2.44. The minimum absolute atomic E-state index is 0.580. The molecule has 4 heteroatoms. The highest BCUT2D eigenvalue weighted by Gasteiger charge is 2.22. The van der Waals surface area contributed by atoms with Crippen LogP contribution in [0.15, 0.2) is 215 Å². The first-order valence-corrected chi connectivity index (χ1v) is 19.2. The van der Waals surface area contributed by atoms with Crippen molar-refractivity contribution in [3.05, 3.63) is 206 Å². The molecular weight excluding hydrogens is 697 g/mol. The van der Waals surface area contributed by atoms with Crippen molar-refractivity contribution in [2.45, 2.75) is 0 Å². The lowest BCUT2D eigenvalue weighted by Gasteiger charge is -2.26. The maximum atomic E-state index is 6.61. The van der Waals surface area contributed by atoms with Crippen molar-refractivity contribution in [3.8, 4) is 44.8 Å². The molecule has 0 saturated heterocycles. The molecule has 0 spiro atoms. The van der Waals surface area contributed by atoms with E-state index in [1.54, 1.807) is 0 Å². The van der Waals surface area contributed by atoms with E-state index in [0.29, 0.717) is 5.89 Å². The Kier molecular flexibility index (Phi) is 7.78. The van der Waals surface area contributed by atoms with Crippen molar-refractivity contribution in [1.82, 2.24) is 4.98 Å². The van der Waals surface area contributed by atoms with Gasteiger partial charge in [-0.2, -0.15) is 0 Å². The third kappa shape index (κ3) is 5.83. The predicted octanol–water partition coefficient (Wildman–Crippen LogP) is 15.0. The van der Waals surface area contributed by atoms with Gasteiger partial charge < -0.3 is 13.7 Å². The van der Waals surface area contributed by atoms with Gasteiger partial charge in [0.25, 0.3) is 0 Å². The number of anilines is 3. The average molecular weight is 731 g/mol. The van der Waals surface area contributed by atoms with Gasteiger partial charge >= 0.3 is 0 Å². The number of nitrogens with zero attached hydrogens (tertiary/aromatic N) is 2. The largest absolute Gasteiger partial charge is 0.455 e. The molecule has 0 radical (unpaired) electrons. The summed E-state index contributed by atoms with van der Waals surface area (Å²) in [5.74, 6) is 0.580. The summed E-state index contributed by atoms with van der Waals surface area (Å²) < 4.78 is 13.1. The highest BCUT2D eigenvalue weighted by atomic mass is 16.4. The Morgan fingerprint density at radius 2 is 0.947 bits per heavy atom. The molecule has 0 aliphatic rings. The molecule has 2 heterocycles. The summed E-state index contributed by atoms with van der Waals surface area (Å²) in [6, 6.07) is 72.3. The molecule has 0 aliphatic heterocycles. The average Bonchev–Trinajstić information content (AvgIpc) is 3.88. The van der Waals surface area contributed by atoms with E-state index in [2.05, 4.69) is 163 Å². The maximum absolute atomic E-state index is 6.61. The van der Waals surface area contributed by atoms with Crippen LogP contribution in [-0.2, 0) is 0 Å². The number of furan rings is 1. The molecule has 9 aromatic carbocycles. The second-order valence-corrected chi connectivity index (χ2v) is 14.4. The molecule has 11 rings (SSSR count). The van der Waals surface area contributed by atoms with Gasteiger partial charge in [-0.1, -0.05) is 140 Å². The second-order valence-electron chi connectivity index (χ2n) is 14.4. The number of aromatic nitrogens is 1. The van der Waals surface area contributed by atoms with Crippen molar-refractivity contribution in [3.63, 3.8) is 0 Å². The third-order valence-corrected chi connectivity index (χ3v) is 10.9. The molecule has 11 aromatic rings. The molecular formula is C53H34N2O2. The lowest BCUT2D eigenvalue weighted by molar-refractivity contribution is 0.620. The maximum Gasteiger partial charge on any atom is 0.227 e. The number of oxazole rings is 1. The van der Waals surface area contributed by atoms with Crippen LogP contribution >= 0.6 is 0 Å². The van der Waals surface area contributed by atoms with Crippen LogP contribution in [0.5, 0.6) is 0 Å². The van der Waals surface area contributed by atoms with E-state index >= 15 is 0 Å². The Balaban J connectivity index is 1.06. The molecule has 0 amide bonds. The zero-order valence-corrected chi connectivity index (χ0v) is 30.8. The minimum Gasteiger partial charge on any atom is -0.455 e. The first-order chi connectivity index (χ1) is 28.2. The Morgan fingerprint density at radius 1 is 0.351 bits per heavy atom. The number of benzene rings is 9. The van der Waals surface area contributed by atoms with Crippen LogP contribution in [-0.4, -0.2) is 4.98 Å². The number of hydrogen-bond donors (Lipinski definition) is 0. The monoisotopic (exact) mass is 730 g/mol. The van der Waals surface area contributed by atoms with E-state index in [1.807, 2.05) is 48.5 Å². The predicted molar refractivity (Wildman–Crippen MR) is 235 cm³/mol. The van der Waals surface area contributed by atoms with Crippen LogP contribution in [0.2, 0.25) is 0 Å². The normalized spacial score (nSPS) is 11.5. The summed E-state index contributed by atoms with van der Waals surface area (Å²) in [5, 5.41) is 4.50. The molecule has 268 valence electrons. The third-order valence-electron chi connectivity index (χ3n) is 10.9. The van der Waals surface area contributed by atoms with Crippen molar-refractivity contribution < 1.29 is 8.83 Å². The first-order valence-electron chi connectivity index (χ1n) is 19.2. The van der Waals surface area contributed by atoms with Gasteiger partial charge in [0, 0.05) is 33.4 Å². The molecule has 0 unspecified atom stereocenters. The number of fused-ring (bicyclic) bond motifs is 5. The fourth-order valence-electron chi connectivity index (χ4n) is 8.07. The van der Waals surface area contributed by atoms with E-state index in [0.717, 1.165) is 72.4 Å². The molecule has 0 fully saturated rings. The smallest absolute Gasteiger partial charge is 0.227 e. The molecule has 0 aliphatic carbocycles. The van der Waals surface area contributed by atoms with Crippen LogP contribution in [0.25, 0.3) is 88.6 Å². The van der Waals surface area contributed by atoms with E-state index in [1.165, 1.54) is 27.5 Å². The topological polar surface area (TPSA) is 42.4 Å². The van der Waals surface area contributed by atoms with Crippen molar-refractivity contribution >= 4 is 60.9 Å². The summed E-state index contributed by atoms with van der Waals surface area (Å²) in [6.45, 7) is 0. The molecule has 0 atom stereocenters. The summed E-state index contributed by atoms with van der Waals surface area (Å²) in [5.41, 5.74) is 13.8. The van der Waals surface area contributed by atoms with E-state index < -0.39 is 0 Å². The second kappa shape index (κ2) is 13.6. The summed E-state index contributed by atoms with van der Waals surface area (Å²) in [4.78, 5) is 7.41.